The van der Waals surface area contributed by atoms with Gasteiger partial charge in [0.15, 0.2) is 11.5 Å². The van der Waals surface area contributed by atoms with Gasteiger partial charge in [0.2, 0.25) is 0 Å². The predicted molar refractivity (Wildman–Crippen MR) is 115 cm³/mol. The topological polar surface area (TPSA) is 47.7 Å². The molecule has 0 N–H and O–H groups in total. The molecule has 1 aliphatic rings. The average Bonchev–Trinajstić information content (AvgIpc) is 3.20. The Bertz CT molecular complexity index is 980. The van der Waals surface area contributed by atoms with E-state index < -0.39 is 0 Å². The Morgan fingerprint density at radius 1 is 1.13 bits per heavy atom. The highest BCUT2D eigenvalue weighted by Crippen LogP contribution is 2.33. The van der Waals surface area contributed by atoms with Gasteiger partial charge >= 0.3 is 0 Å². The molecular formula is C24H29FN2O3. The summed E-state index contributed by atoms with van der Waals surface area (Å²) < 4.78 is 30.3. The van der Waals surface area contributed by atoms with E-state index in [-0.39, 0.29) is 5.82 Å². The second kappa shape index (κ2) is 9.47. The number of hydrogen-bond acceptors (Lipinski definition) is 5. The van der Waals surface area contributed by atoms with E-state index in [2.05, 4.69) is 23.0 Å². The van der Waals surface area contributed by atoms with Crippen molar-refractivity contribution in [1.29, 1.82) is 0 Å². The minimum atomic E-state index is -0.279. The maximum atomic E-state index is 13.4. The van der Waals surface area contributed by atoms with Gasteiger partial charge in [0.1, 0.15) is 17.1 Å². The number of aryl methyl sites for hydroxylation is 1. The van der Waals surface area contributed by atoms with Crippen LogP contribution in [0.25, 0.3) is 10.9 Å². The fourth-order valence-corrected chi connectivity index (χ4v) is 4.17. The number of piperidine rings is 1. The van der Waals surface area contributed by atoms with Crippen LogP contribution in [0.15, 0.2) is 40.9 Å². The molecule has 1 fully saturated rings. The molecule has 0 spiro atoms. The third-order valence-electron chi connectivity index (χ3n) is 5.94. The van der Waals surface area contributed by atoms with E-state index in [1.165, 1.54) is 17.7 Å². The first kappa shape index (κ1) is 20.7. The van der Waals surface area contributed by atoms with E-state index in [1.54, 1.807) is 13.2 Å². The Hall–Kier alpha value is -2.60. The van der Waals surface area contributed by atoms with Gasteiger partial charge in [0.25, 0.3) is 0 Å². The zero-order valence-corrected chi connectivity index (χ0v) is 17.7. The molecule has 0 amide bonds. The van der Waals surface area contributed by atoms with Gasteiger partial charge in [-0.2, -0.15) is 0 Å². The lowest BCUT2D eigenvalue weighted by atomic mass is 9.92. The van der Waals surface area contributed by atoms with Gasteiger partial charge in [-0.3, -0.25) is 0 Å². The number of ether oxygens (including phenoxy) is 2. The molecule has 160 valence electrons. The smallest absolute Gasteiger partial charge is 0.161 e. The Morgan fingerprint density at radius 3 is 2.73 bits per heavy atom. The Balaban J connectivity index is 1.24. The van der Waals surface area contributed by atoms with Crippen molar-refractivity contribution in [1.82, 2.24) is 10.1 Å². The van der Waals surface area contributed by atoms with Gasteiger partial charge in [-0.05, 0) is 68.6 Å². The summed E-state index contributed by atoms with van der Waals surface area (Å²) in [4.78, 5) is 2.47. The molecule has 0 atom stereocenters. The number of nitrogens with zero attached hydrogens (tertiary/aromatic N) is 2. The Morgan fingerprint density at radius 2 is 1.97 bits per heavy atom. The highest BCUT2D eigenvalue weighted by molar-refractivity contribution is 5.80. The van der Waals surface area contributed by atoms with Crippen LogP contribution in [-0.2, 0) is 6.42 Å². The van der Waals surface area contributed by atoms with Crippen LogP contribution >= 0.6 is 0 Å². The second-order valence-electron chi connectivity index (χ2n) is 7.86. The van der Waals surface area contributed by atoms with Crippen molar-refractivity contribution in [2.75, 3.05) is 33.4 Å². The lowest BCUT2D eigenvalue weighted by molar-refractivity contribution is 0.181. The summed E-state index contributed by atoms with van der Waals surface area (Å²) in [6, 6.07) is 10.8. The van der Waals surface area contributed by atoms with Crippen LogP contribution in [-0.4, -0.2) is 43.4 Å². The number of halogens is 1. The summed E-state index contributed by atoms with van der Waals surface area (Å²) in [6.45, 7) is 5.83. The van der Waals surface area contributed by atoms with Crippen LogP contribution in [0.1, 0.15) is 43.4 Å². The molecule has 1 aromatic heterocycles. The minimum Gasteiger partial charge on any atom is -0.493 e. The molecule has 3 aromatic rings. The highest BCUT2D eigenvalue weighted by Gasteiger charge is 2.25. The molecule has 1 aliphatic heterocycles. The van der Waals surface area contributed by atoms with Crippen molar-refractivity contribution in [2.45, 2.75) is 38.5 Å². The SMILES string of the molecule is CCc1ccc(OCCCN2CCC(c3onc4cc(F)ccc34)CC2)c(OC)c1. The predicted octanol–water partition coefficient (Wildman–Crippen LogP) is 5.19. The van der Waals surface area contributed by atoms with Crippen LogP contribution in [0, 0.1) is 5.82 Å². The molecule has 30 heavy (non-hydrogen) atoms. The van der Waals surface area contributed by atoms with Crippen LogP contribution in [0.2, 0.25) is 0 Å². The quantitative estimate of drug-likeness (QED) is 0.477. The highest BCUT2D eigenvalue weighted by atomic mass is 19.1. The summed E-state index contributed by atoms with van der Waals surface area (Å²) >= 11 is 0. The number of fused-ring (bicyclic) bond motifs is 1. The molecule has 6 heteroatoms. The van der Waals surface area contributed by atoms with Crippen LogP contribution in [0.5, 0.6) is 11.5 Å². The molecule has 4 rings (SSSR count). The second-order valence-corrected chi connectivity index (χ2v) is 7.86. The monoisotopic (exact) mass is 412 g/mol. The molecule has 5 nitrogen and oxygen atoms in total. The van der Waals surface area contributed by atoms with E-state index in [0.717, 1.165) is 68.0 Å². The summed E-state index contributed by atoms with van der Waals surface area (Å²) in [7, 11) is 1.68. The molecule has 0 bridgehead atoms. The first-order valence-electron chi connectivity index (χ1n) is 10.7. The Labute approximate surface area is 176 Å². The zero-order chi connectivity index (χ0) is 20.9. The maximum Gasteiger partial charge on any atom is 0.161 e. The first-order chi connectivity index (χ1) is 14.7. The molecular weight excluding hydrogens is 383 g/mol. The van der Waals surface area contributed by atoms with Crippen LogP contribution < -0.4 is 9.47 Å². The van der Waals surface area contributed by atoms with Crippen LogP contribution in [0.4, 0.5) is 4.39 Å². The maximum absolute atomic E-state index is 13.4. The normalized spacial score (nSPS) is 15.6. The van der Waals surface area contributed by atoms with Crippen molar-refractivity contribution in [3.63, 3.8) is 0 Å². The van der Waals surface area contributed by atoms with E-state index in [4.69, 9.17) is 14.0 Å². The average molecular weight is 413 g/mol. The van der Waals surface area contributed by atoms with Gasteiger partial charge in [-0.15, -0.1) is 0 Å². The van der Waals surface area contributed by atoms with Crippen molar-refractivity contribution < 1.29 is 18.4 Å². The zero-order valence-electron chi connectivity index (χ0n) is 17.7. The summed E-state index contributed by atoms with van der Waals surface area (Å²) in [5.74, 6) is 2.57. The van der Waals surface area contributed by atoms with Crippen LogP contribution in [0.3, 0.4) is 0 Å². The lowest BCUT2D eigenvalue weighted by Crippen LogP contribution is -2.34. The molecule has 2 aromatic carbocycles. The van der Waals surface area contributed by atoms with Gasteiger partial charge < -0.3 is 18.9 Å². The van der Waals surface area contributed by atoms with E-state index >= 15 is 0 Å². The van der Waals surface area contributed by atoms with Crippen molar-refractivity contribution in [3.8, 4) is 11.5 Å². The number of benzene rings is 2. The third kappa shape index (κ3) is 4.59. The van der Waals surface area contributed by atoms with Crippen molar-refractivity contribution in [2.24, 2.45) is 0 Å². The number of rotatable bonds is 8. The lowest BCUT2D eigenvalue weighted by Gasteiger charge is -2.30. The standard InChI is InChI=1S/C24H29FN2O3/c1-3-17-5-8-22(23(15-17)28-2)29-14-4-11-27-12-9-18(10-13-27)24-20-7-6-19(25)16-21(20)26-30-24/h5-8,15-16,18H,3-4,9-14H2,1-2H3. The first-order valence-corrected chi connectivity index (χ1v) is 10.7. The van der Waals surface area contributed by atoms with E-state index in [0.29, 0.717) is 18.0 Å². The Kier molecular flexibility index (Phi) is 6.53. The molecule has 0 unspecified atom stereocenters. The fourth-order valence-electron chi connectivity index (χ4n) is 4.17. The number of hydrogen-bond donors (Lipinski definition) is 0. The van der Waals surface area contributed by atoms with Crippen molar-refractivity contribution >= 4 is 10.9 Å². The van der Waals surface area contributed by atoms with E-state index in [1.807, 2.05) is 12.1 Å². The van der Waals surface area contributed by atoms with E-state index in [9.17, 15) is 4.39 Å². The summed E-state index contributed by atoms with van der Waals surface area (Å²) in [5.41, 5.74) is 1.85. The number of aromatic nitrogens is 1. The molecule has 0 aliphatic carbocycles. The number of likely N-dealkylation sites (tertiary alicyclic amines) is 1. The van der Waals surface area contributed by atoms with Gasteiger partial charge in [0, 0.05) is 23.9 Å². The molecule has 2 heterocycles. The largest absolute Gasteiger partial charge is 0.493 e. The van der Waals surface area contributed by atoms with Crippen molar-refractivity contribution in [3.05, 3.63) is 53.5 Å². The fraction of sp³-hybridized carbons (Fsp3) is 0.458. The molecule has 1 saturated heterocycles. The van der Waals surface area contributed by atoms with Gasteiger partial charge in [-0.25, -0.2) is 4.39 Å². The van der Waals surface area contributed by atoms with Gasteiger partial charge in [-0.1, -0.05) is 18.1 Å². The summed E-state index contributed by atoms with van der Waals surface area (Å²) in [6.07, 6.45) is 3.99. The third-order valence-corrected chi connectivity index (χ3v) is 5.94. The van der Waals surface area contributed by atoms with Gasteiger partial charge in [0.05, 0.1) is 13.7 Å². The number of methoxy groups -OCH3 is 1. The molecule has 0 saturated carbocycles. The minimum absolute atomic E-state index is 0.279. The molecule has 0 radical (unpaired) electrons. The summed E-state index contributed by atoms with van der Waals surface area (Å²) in [5, 5.41) is 4.97.